The molecule has 2 rings (SSSR count). The van der Waals surface area contributed by atoms with Crippen molar-refractivity contribution in [2.45, 2.75) is 18.9 Å². The van der Waals surface area contributed by atoms with Crippen LogP contribution in [0.25, 0.3) is 0 Å². The van der Waals surface area contributed by atoms with Crippen molar-refractivity contribution in [1.29, 1.82) is 0 Å². The van der Waals surface area contributed by atoms with Crippen LogP contribution in [0.15, 0.2) is 18.2 Å². The third-order valence-corrected chi connectivity index (χ3v) is 4.39. The molecule has 18 heavy (non-hydrogen) atoms. The zero-order valence-electron chi connectivity index (χ0n) is 9.62. The van der Waals surface area contributed by atoms with E-state index in [2.05, 4.69) is 10.0 Å². The molecule has 0 radical (unpaired) electrons. The second kappa shape index (κ2) is 5.42. The topological polar surface area (TPSA) is 58.2 Å². The molecular formula is C11H14ClFN2O2S. The van der Waals surface area contributed by atoms with Crippen molar-refractivity contribution in [2.75, 3.05) is 17.0 Å². The highest BCUT2D eigenvalue weighted by molar-refractivity contribution is 7.92. The first kappa shape index (κ1) is 13.6. The van der Waals surface area contributed by atoms with Crippen LogP contribution in [0, 0.1) is 5.82 Å². The number of benzene rings is 1. The maximum absolute atomic E-state index is 13.5. The zero-order chi connectivity index (χ0) is 13.2. The Morgan fingerprint density at radius 3 is 2.89 bits per heavy atom. The molecular weight excluding hydrogens is 279 g/mol. The number of rotatable bonds is 4. The minimum absolute atomic E-state index is 0.0466. The van der Waals surface area contributed by atoms with Crippen molar-refractivity contribution in [1.82, 2.24) is 5.32 Å². The molecule has 1 aromatic carbocycles. The maximum Gasteiger partial charge on any atom is 0.234 e. The van der Waals surface area contributed by atoms with Crippen LogP contribution in [0.1, 0.15) is 12.8 Å². The number of halogens is 2. The quantitative estimate of drug-likeness (QED) is 0.892. The fraction of sp³-hybridized carbons (Fsp3) is 0.455. The van der Waals surface area contributed by atoms with Gasteiger partial charge in [-0.25, -0.2) is 12.8 Å². The van der Waals surface area contributed by atoms with Crippen LogP contribution in [0.3, 0.4) is 0 Å². The van der Waals surface area contributed by atoms with E-state index in [4.69, 9.17) is 11.6 Å². The second-order valence-corrected chi connectivity index (χ2v) is 6.50. The lowest BCUT2D eigenvalue weighted by molar-refractivity contribution is 0.580. The third-order valence-electron chi connectivity index (χ3n) is 2.78. The second-order valence-electron chi connectivity index (χ2n) is 4.30. The summed E-state index contributed by atoms with van der Waals surface area (Å²) in [5, 5.41) is 3.32. The van der Waals surface area contributed by atoms with Crippen molar-refractivity contribution < 1.29 is 12.8 Å². The predicted molar refractivity (Wildman–Crippen MR) is 69.8 cm³/mol. The van der Waals surface area contributed by atoms with Gasteiger partial charge in [-0.15, -0.1) is 0 Å². The predicted octanol–water partition coefficient (Wildman–Crippen LogP) is 1.97. The Kier molecular flexibility index (Phi) is 4.09. The third kappa shape index (κ3) is 3.57. The summed E-state index contributed by atoms with van der Waals surface area (Å²) in [5.74, 6) is -0.722. The fourth-order valence-corrected chi connectivity index (χ4v) is 3.50. The van der Waals surface area contributed by atoms with Gasteiger partial charge in [0.1, 0.15) is 5.82 Å². The summed E-state index contributed by atoms with van der Waals surface area (Å²) < 4.78 is 39.4. The van der Waals surface area contributed by atoms with E-state index in [0.717, 1.165) is 25.5 Å². The molecule has 1 aliphatic rings. The van der Waals surface area contributed by atoms with Gasteiger partial charge in [-0.05, 0) is 37.6 Å². The first-order valence-corrected chi connectivity index (χ1v) is 7.68. The van der Waals surface area contributed by atoms with Crippen molar-refractivity contribution >= 4 is 27.3 Å². The van der Waals surface area contributed by atoms with Gasteiger partial charge in [-0.1, -0.05) is 11.6 Å². The molecule has 0 saturated carbocycles. The molecule has 0 amide bonds. The number of nitrogens with one attached hydrogen (secondary N) is 2. The van der Waals surface area contributed by atoms with E-state index in [1.807, 2.05) is 0 Å². The van der Waals surface area contributed by atoms with E-state index in [1.54, 1.807) is 0 Å². The fourth-order valence-electron chi connectivity index (χ4n) is 1.95. The van der Waals surface area contributed by atoms with Crippen LogP contribution in [0.4, 0.5) is 10.1 Å². The summed E-state index contributed by atoms with van der Waals surface area (Å²) in [5.41, 5.74) is -0.0719. The molecule has 0 spiro atoms. The molecule has 4 nitrogen and oxygen atoms in total. The number of hydrogen-bond acceptors (Lipinski definition) is 3. The van der Waals surface area contributed by atoms with Gasteiger partial charge < -0.3 is 5.32 Å². The van der Waals surface area contributed by atoms with Crippen molar-refractivity contribution in [3.63, 3.8) is 0 Å². The van der Waals surface area contributed by atoms with Crippen molar-refractivity contribution in [3.05, 3.63) is 29.0 Å². The Bertz CT molecular complexity index is 530. The van der Waals surface area contributed by atoms with Crippen molar-refractivity contribution in [2.24, 2.45) is 0 Å². The average molecular weight is 293 g/mol. The Labute approximate surface area is 111 Å². The summed E-state index contributed by atoms with van der Waals surface area (Å²) in [4.78, 5) is 0. The smallest absolute Gasteiger partial charge is 0.234 e. The summed E-state index contributed by atoms with van der Waals surface area (Å²) in [6.45, 7) is 0.829. The van der Waals surface area contributed by atoms with Crippen LogP contribution in [0.2, 0.25) is 5.02 Å². The Morgan fingerprint density at radius 2 is 2.28 bits per heavy atom. The minimum atomic E-state index is -3.55. The molecule has 1 saturated heterocycles. The zero-order valence-corrected chi connectivity index (χ0v) is 11.2. The molecule has 0 bridgehead atoms. The van der Waals surface area contributed by atoms with E-state index >= 15 is 0 Å². The van der Waals surface area contributed by atoms with Crippen LogP contribution < -0.4 is 10.0 Å². The van der Waals surface area contributed by atoms with Gasteiger partial charge in [0.25, 0.3) is 0 Å². The highest BCUT2D eigenvalue weighted by atomic mass is 35.5. The lowest BCUT2D eigenvalue weighted by Gasteiger charge is -2.13. The Balaban J connectivity index is 2.07. The van der Waals surface area contributed by atoms with Gasteiger partial charge in [0.05, 0.1) is 11.4 Å². The molecule has 2 N–H and O–H groups in total. The summed E-state index contributed by atoms with van der Waals surface area (Å²) in [6, 6.07) is 3.78. The van der Waals surface area contributed by atoms with Gasteiger partial charge in [0.15, 0.2) is 0 Å². The highest BCUT2D eigenvalue weighted by Gasteiger charge is 2.22. The lowest BCUT2D eigenvalue weighted by Crippen LogP contribution is -2.33. The lowest BCUT2D eigenvalue weighted by atomic mass is 10.3. The molecule has 1 atom stereocenters. The summed E-state index contributed by atoms with van der Waals surface area (Å²) in [6.07, 6.45) is 1.79. The molecule has 1 aliphatic heterocycles. The molecule has 1 unspecified atom stereocenters. The van der Waals surface area contributed by atoms with Crippen LogP contribution in [0.5, 0.6) is 0 Å². The van der Waals surface area contributed by atoms with Gasteiger partial charge in [-0.2, -0.15) is 0 Å². The Hall–Kier alpha value is -0.850. The van der Waals surface area contributed by atoms with Gasteiger partial charge in [-0.3, -0.25) is 4.72 Å². The minimum Gasteiger partial charge on any atom is -0.313 e. The summed E-state index contributed by atoms with van der Waals surface area (Å²) in [7, 11) is -3.55. The number of anilines is 1. The first-order chi connectivity index (χ1) is 8.46. The molecule has 1 fully saturated rings. The highest BCUT2D eigenvalue weighted by Crippen LogP contribution is 2.20. The van der Waals surface area contributed by atoms with Gasteiger partial charge in [0, 0.05) is 11.1 Å². The molecule has 0 aliphatic carbocycles. The van der Waals surface area contributed by atoms with E-state index in [1.165, 1.54) is 12.1 Å². The maximum atomic E-state index is 13.5. The van der Waals surface area contributed by atoms with Gasteiger partial charge >= 0.3 is 0 Å². The van der Waals surface area contributed by atoms with Crippen molar-refractivity contribution in [3.8, 4) is 0 Å². The molecule has 100 valence electrons. The molecule has 7 heteroatoms. The van der Waals surface area contributed by atoms with E-state index in [-0.39, 0.29) is 22.5 Å². The van der Waals surface area contributed by atoms with E-state index < -0.39 is 15.8 Å². The largest absolute Gasteiger partial charge is 0.313 e. The monoisotopic (exact) mass is 292 g/mol. The van der Waals surface area contributed by atoms with E-state index in [0.29, 0.717) is 0 Å². The standard InChI is InChI=1S/C11H14ClFN2O2S/c12-8-3-4-11(10(13)6-8)15-18(16,17)7-9-2-1-5-14-9/h3-4,6,9,14-15H,1-2,5,7H2. The molecule has 1 heterocycles. The van der Waals surface area contributed by atoms with Gasteiger partial charge in [0.2, 0.25) is 10.0 Å². The first-order valence-electron chi connectivity index (χ1n) is 5.65. The van der Waals surface area contributed by atoms with Crippen LogP contribution >= 0.6 is 11.6 Å². The van der Waals surface area contributed by atoms with E-state index in [9.17, 15) is 12.8 Å². The van der Waals surface area contributed by atoms with Crippen LogP contribution in [-0.4, -0.2) is 26.8 Å². The Morgan fingerprint density at radius 1 is 1.50 bits per heavy atom. The number of sulfonamides is 1. The normalized spacial score (nSPS) is 20.0. The average Bonchev–Trinajstić information content (AvgIpc) is 2.74. The van der Waals surface area contributed by atoms with Crippen LogP contribution in [-0.2, 0) is 10.0 Å². The summed E-state index contributed by atoms with van der Waals surface area (Å²) >= 11 is 5.60. The molecule has 1 aromatic rings. The number of hydrogen-bond donors (Lipinski definition) is 2. The SMILES string of the molecule is O=S(=O)(CC1CCCN1)Nc1ccc(Cl)cc1F. The molecule has 0 aromatic heterocycles.